The van der Waals surface area contributed by atoms with Crippen LogP contribution in [-0.4, -0.2) is 24.9 Å². The zero-order valence-corrected chi connectivity index (χ0v) is 17.8. The molecule has 0 aliphatic carbocycles. The molecule has 31 heavy (non-hydrogen) atoms. The van der Waals surface area contributed by atoms with Crippen molar-refractivity contribution < 1.29 is 18.6 Å². The van der Waals surface area contributed by atoms with E-state index < -0.39 is 6.23 Å². The van der Waals surface area contributed by atoms with Crippen LogP contribution in [0.5, 0.6) is 17.2 Å². The fourth-order valence-corrected chi connectivity index (χ4v) is 4.31. The number of halogens is 2. The molecule has 0 N–H and O–H groups in total. The van der Waals surface area contributed by atoms with Crippen molar-refractivity contribution in [2.45, 2.75) is 18.7 Å². The highest BCUT2D eigenvalue weighted by atomic mass is 35.5. The Bertz CT molecular complexity index is 1180. The van der Waals surface area contributed by atoms with Crippen LogP contribution in [0, 0.1) is 5.82 Å². The quantitative estimate of drug-likeness (QED) is 0.521. The number of fused-ring (bicyclic) bond motifs is 3. The molecule has 3 aromatic rings. The van der Waals surface area contributed by atoms with Crippen LogP contribution in [0.15, 0.2) is 65.8 Å². The fourth-order valence-electron chi connectivity index (χ4n) is 4.13. The van der Waals surface area contributed by atoms with E-state index in [9.17, 15) is 4.39 Å². The molecule has 5 nitrogen and oxygen atoms in total. The van der Waals surface area contributed by atoms with Gasteiger partial charge in [0.25, 0.3) is 0 Å². The average molecular weight is 439 g/mol. The maximum atomic E-state index is 14.0. The molecule has 5 rings (SSSR count). The molecule has 2 aliphatic heterocycles. The van der Waals surface area contributed by atoms with Crippen LogP contribution < -0.4 is 14.2 Å². The van der Waals surface area contributed by atoms with Gasteiger partial charge >= 0.3 is 0 Å². The second-order valence-electron chi connectivity index (χ2n) is 7.42. The van der Waals surface area contributed by atoms with Crippen molar-refractivity contribution in [1.82, 2.24) is 5.01 Å². The zero-order chi connectivity index (χ0) is 21.5. The summed E-state index contributed by atoms with van der Waals surface area (Å²) < 4.78 is 31.0. The Labute approximate surface area is 184 Å². The van der Waals surface area contributed by atoms with E-state index in [1.54, 1.807) is 26.4 Å². The maximum absolute atomic E-state index is 14.0. The van der Waals surface area contributed by atoms with E-state index in [2.05, 4.69) is 0 Å². The van der Waals surface area contributed by atoms with Crippen molar-refractivity contribution in [1.29, 1.82) is 0 Å². The molecule has 7 heteroatoms. The summed E-state index contributed by atoms with van der Waals surface area (Å²) in [6.07, 6.45) is 0.102. The molecule has 2 heterocycles. The number of rotatable bonds is 4. The van der Waals surface area contributed by atoms with Gasteiger partial charge in [-0.15, -0.1) is 0 Å². The number of ether oxygens (including phenoxy) is 3. The number of hydrazone groups is 1. The van der Waals surface area contributed by atoms with E-state index in [4.69, 9.17) is 30.9 Å². The Morgan fingerprint density at radius 3 is 2.65 bits per heavy atom. The Balaban J connectivity index is 1.59. The van der Waals surface area contributed by atoms with Crippen molar-refractivity contribution in [3.8, 4) is 17.2 Å². The first-order valence-corrected chi connectivity index (χ1v) is 10.2. The summed E-state index contributed by atoms with van der Waals surface area (Å²) >= 11 is 6.28. The molecule has 0 fully saturated rings. The maximum Gasteiger partial charge on any atom is 0.213 e. The largest absolute Gasteiger partial charge is 0.493 e. The highest BCUT2D eigenvalue weighted by molar-refractivity contribution is 6.30. The van der Waals surface area contributed by atoms with Gasteiger partial charge < -0.3 is 14.2 Å². The van der Waals surface area contributed by atoms with Gasteiger partial charge in [-0.3, -0.25) is 0 Å². The molecular weight excluding hydrogens is 419 g/mol. The molecule has 3 aromatic carbocycles. The van der Waals surface area contributed by atoms with E-state index in [-0.39, 0.29) is 11.9 Å². The van der Waals surface area contributed by atoms with Gasteiger partial charge in [-0.25, -0.2) is 9.40 Å². The Hall–Kier alpha value is -3.25. The van der Waals surface area contributed by atoms with Gasteiger partial charge in [-0.2, -0.15) is 5.10 Å². The summed E-state index contributed by atoms with van der Waals surface area (Å²) in [5.74, 6) is 1.70. The Morgan fingerprint density at radius 2 is 1.87 bits per heavy atom. The Kier molecular flexibility index (Phi) is 4.94. The lowest BCUT2D eigenvalue weighted by Crippen LogP contribution is -2.33. The lowest BCUT2D eigenvalue weighted by Gasteiger charge is -2.38. The minimum Gasteiger partial charge on any atom is -0.493 e. The molecule has 0 unspecified atom stereocenters. The SMILES string of the molecule is COc1ccc(C2=NN3[C@H](C2)c2cc(Cl)ccc2O[C@@H]3c2cccc(F)c2)cc1OC. The summed E-state index contributed by atoms with van der Waals surface area (Å²) in [5.41, 5.74) is 3.46. The van der Waals surface area contributed by atoms with Gasteiger partial charge in [0.1, 0.15) is 11.6 Å². The minimum absolute atomic E-state index is 0.0844. The van der Waals surface area contributed by atoms with Crippen LogP contribution in [0.2, 0.25) is 5.02 Å². The van der Waals surface area contributed by atoms with Crippen LogP contribution in [0.3, 0.4) is 0 Å². The molecule has 2 atom stereocenters. The van der Waals surface area contributed by atoms with E-state index in [0.717, 1.165) is 22.6 Å². The van der Waals surface area contributed by atoms with E-state index in [1.165, 1.54) is 12.1 Å². The smallest absolute Gasteiger partial charge is 0.213 e. The first-order chi connectivity index (χ1) is 15.1. The van der Waals surface area contributed by atoms with Crippen molar-refractivity contribution in [2.75, 3.05) is 14.2 Å². The summed E-state index contributed by atoms with van der Waals surface area (Å²) in [6.45, 7) is 0. The van der Waals surface area contributed by atoms with Crippen LogP contribution >= 0.6 is 11.6 Å². The number of methoxy groups -OCH3 is 2. The third kappa shape index (κ3) is 3.47. The molecule has 0 saturated carbocycles. The predicted octanol–water partition coefficient (Wildman–Crippen LogP) is 5.74. The molecule has 0 spiro atoms. The summed E-state index contributed by atoms with van der Waals surface area (Å²) in [7, 11) is 3.21. The summed E-state index contributed by atoms with van der Waals surface area (Å²) in [6, 6.07) is 17.6. The number of benzene rings is 3. The average Bonchev–Trinajstić information content (AvgIpc) is 3.24. The van der Waals surface area contributed by atoms with Crippen molar-refractivity contribution >= 4 is 17.3 Å². The summed E-state index contributed by atoms with van der Waals surface area (Å²) in [4.78, 5) is 0. The molecule has 0 amide bonds. The van der Waals surface area contributed by atoms with Gasteiger partial charge in [0, 0.05) is 28.1 Å². The second kappa shape index (κ2) is 7.78. The molecular formula is C24H20ClFN2O3. The molecule has 0 radical (unpaired) electrons. The van der Waals surface area contributed by atoms with Gasteiger partial charge in [0.05, 0.1) is 26.0 Å². The molecule has 0 aromatic heterocycles. The van der Waals surface area contributed by atoms with Crippen LogP contribution in [0.25, 0.3) is 0 Å². The number of hydrogen-bond acceptors (Lipinski definition) is 5. The molecule has 0 saturated heterocycles. The number of hydrogen-bond donors (Lipinski definition) is 0. The normalized spacial score (nSPS) is 19.2. The summed E-state index contributed by atoms with van der Waals surface area (Å²) in [5, 5.41) is 7.41. The lowest BCUT2D eigenvalue weighted by atomic mass is 9.95. The molecule has 0 bridgehead atoms. The van der Waals surface area contributed by atoms with Gasteiger partial charge in [-0.1, -0.05) is 23.7 Å². The van der Waals surface area contributed by atoms with Crippen LogP contribution in [-0.2, 0) is 0 Å². The zero-order valence-electron chi connectivity index (χ0n) is 17.0. The van der Waals surface area contributed by atoms with Gasteiger partial charge in [0.15, 0.2) is 11.5 Å². The lowest BCUT2D eigenvalue weighted by molar-refractivity contribution is -0.0192. The van der Waals surface area contributed by atoms with E-state index in [0.29, 0.717) is 28.5 Å². The Morgan fingerprint density at radius 1 is 1.03 bits per heavy atom. The fraction of sp³-hybridized carbons (Fsp3) is 0.208. The van der Waals surface area contributed by atoms with Gasteiger partial charge in [-0.05, 0) is 48.5 Å². The van der Waals surface area contributed by atoms with Gasteiger partial charge in [0.2, 0.25) is 6.23 Å². The van der Waals surface area contributed by atoms with E-state index >= 15 is 0 Å². The molecule has 2 aliphatic rings. The standard InChI is InChI=1S/C24H20ClFN2O3/c1-29-22-8-6-14(11-23(22)30-2)19-13-20-18-12-16(25)7-9-21(18)31-24(28(20)27-19)15-4-3-5-17(26)10-15/h3-12,20,24H,13H2,1-2H3/t20-,24-/m1/s1. The minimum atomic E-state index is -0.549. The first-order valence-electron chi connectivity index (χ1n) is 9.87. The van der Waals surface area contributed by atoms with Crippen LogP contribution in [0.1, 0.15) is 35.4 Å². The monoisotopic (exact) mass is 438 g/mol. The topological polar surface area (TPSA) is 43.3 Å². The second-order valence-corrected chi connectivity index (χ2v) is 7.86. The predicted molar refractivity (Wildman–Crippen MR) is 117 cm³/mol. The molecule has 158 valence electrons. The third-order valence-electron chi connectivity index (χ3n) is 5.60. The van der Waals surface area contributed by atoms with Crippen molar-refractivity contribution in [2.24, 2.45) is 5.10 Å². The highest BCUT2D eigenvalue weighted by Gasteiger charge is 2.41. The van der Waals surface area contributed by atoms with Crippen molar-refractivity contribution in [3.63, 3.8) is 0 Å². The third-order valence-corrected chi connectivity index (χ3v) is 5.84. The first kappa shape index (κ1) is 19.7. The van der Waals surface area contributed by atoms with E-state index in [1.807, 2.05) is 41.4 Å². The van der Waals surface area contributed by atoms with Crippen molar-refractivity contribution in [3.05, 3.63) is 88.2 Å². The number of nitrogens with zero attached hydrogens (tertiary/aromatic N) is 2. The highest BCUT2D eigenvalue weighted by Crippen LogP contribution is 2.48. The van der Waals surface area contributed by atoms with Crippen LogP contribution in [0.4, 0.5) is 4.39 Å².